The van der Waals surface area contributed by atoms with E-state index in [1.165, 1.54) is 5.56 Å². The third kappa shape index (κ3) is 2.80. The number of fused-ring (bicyclic) bond motifs is 1. The molecular formula is C19H23N5O2. The molecule has 136 valence electrons. The minimum Gasteiger partial charge on any atom is -0.360 e. The summed E-state index contributed by atoms with van der Waals surface area (Å²) < 4.78 is 5.36. The molecule has 1 amide bonds. The van der Waals surface area contributed by atoms with Crippen LogP contribution in [0, 0.1) is 0 Å². The molecule has 0 radical (unpaired) electrons. The quantitative estimate of drug-likeness (QED) is 0.843. The summed E-state index contributed by atoms with van der Waals surface area (Å²) in [5, 5.41) is 4.02. The van der Waals surface area contributed by atoms with Crippen LogP contribution in [-0.2, 0) is 13.0 Å². The van der Waals surface area contributed by atoms with E-state index in [9.17, 15) is 4.79 Å². The van der Waals surface area contributed by atoms with Gasteiger partial charge < -0.3 is 14.3 Å². The molecule has 1 saturated heterocycles. The van der Waals surface area contributed by atoms with Gasteiger partial charge in [-0.1, -0.05) is 5.16 Å². The van der Waals surface area contributed by atoms with Gasteiger partial charge in [0.25, 0.3) is 5.91 Å². The highest BCUT2D eigenvalue weighted by molar-refractivity contribution is 5.92. The molecule has 26 heavy (non-hydrogen) atoms. The van der Waals surface area contributed by atoms with Crippen molar-refractivity contribution in [2.75, 3.05) is 20.1 Å². The highest BCUT2D eigenvalue weighted by Crippen LogP contribution is 2.40. The van der Waals surface area contributed by atoms with Crippen molar-refractivity contribution in [1.82, 2.24) is 24.9 Å². The topological polar surface area (TPSA) is 75.4 Å². The van der Waals surface area contributed by atoms with Crippen LogP contribution in [0.3, 0.4) is 0 Å². The van der Waals surface area contributed by atoms with Crippen LogP contribution in [-0.4, -0.2) is 51.0 Å². The number of hydrogen-bond acceptors (Lipinski definition) is 6. The number of carbonyl (C=O) groups is 1. The van der Waals surface area contributed by atoms with Crippen molar-refractivity contribution >= 4 is 5.91 Å². The average Bonchev–Trinajstić information content (AvgIpc) is 3.19. The van der Waals surface area contributed by atoms with E-state index in [2.05, 4.69) is 22.1 Å². The van der Waals surface area contributed by atoms with Crippen LogP contribution in [0.15, 0.2) is 16.8 Å². The fourth-order valence-corrected chi connectivity index (χ4v) is 4.01. The zero-order chi connectivity index (χ0) is 17.7. The molecule has 5 rings (SSSR count). The number of rotatable bonds is 3. The van der Waals surface area contributed by atoms with Crippen molar-refractivity contribution in [3.63, 3.8) is 0 Å². The summed E-state index contributed by atoms with van der Waals surface area (Å²) in [7, 11) is 2.11. The van der Waals surface area contributed by atoms with Crippen LogP contribution in [0.5, 0.6) is 0 Å². The first-order chi connectivity index (χ1) is 12.7. The zero-order valence-corrected chi connectivity index (χ0v) is 15.0. The van der Waals surface area contributed by atoms with Crippen LogP contribution in [0.1, 0.15) is 71.0 Å². The molecule has 2 aliphatic heterocycles. The first kappa shape index (κ1) is 15.9. The number of aromatic nitrogens is 3. The summed E-state index contributed by atoms with van der Waals surface area (Å²) in [4.78, 5) is 26.5. The molecule has 2 aromatic heterocycles. The van der Waals surface area contributed by atoms with E-state index in [4.69, 9.17) is 9.51 Å². The molecule has 4 heterocycles. The van der Waals surface area contributed by atoms with Gasteiger partial charge in [0, 0.05) is 55.5 Å². The minimum atomic E-state index is -0.0656. The largest absolute Gasteiger partial charge is 0.360 e. The summed E-state index contributed by atoms with van der Waals surface area (Å²) in [6.07, 6.45) is 7.01. The molecule has 0 spiro atoms. The van der Waals surface area contributed by atoms with Gasteiger partial charge in [0.15, 0.2) is 11.5 Å². The van der Waals surface area contributed by atoms with Gasteiger partial charge in [0.2, 0.25) is 0 Å². The Balaban J connectivity index is 1.39. The molecule has 0 aromatic carbocycles. The number of likely N-dealkylation sites (tertiary alicyclic amines) is 1. The van der Waals surface area contributed by atoms with E-state index in [1.807, 2.05) is 17.2 Å². The highest BCUT2D eigenvalue weighted by Gasteiger charge is 2.36. The highest BCUT2D eigenvalue weighted by atomic mass is 16.5. The van der Waals surface area contributed by atoms with E-state index in [1.54, 1.807) is 0 Å². The maximum absolute atomic E-state index is 13.0. The summed E-state index contributed by atoms with van der Waals surface area (Å²) >= 11 is 0. The number of hydrogen-bond donors (Lipinski definition) is 0. The Bertz CT molecular complexity index is 844. The van der Waals surface area contributed by atoms with Crippen LogP contribution in [0.2, 0.25) is 0 Å². The van der Waals surface area contributed by atoms with Crippen LogP contribution < -0.4 is 0 Å². The molecule has 1 saturated carbocycles. The van der Waals surface area contributed by atoms with Gasteiger partial charge in [0.1, 0.15) is 5.76 Å². The van der Waals surface area contributed by atoms with Gasteiger partial charge in [-0.05, 0) is 32.7 Å². The van der Waals surface area contributed by atoms with Gasteiger partial charge >= 0.3 is 0 Å². The van der Waals surface area contributed by atoms with Gasteiger partial charge in [-0.15, -0.1) is 0 Å². The van der Waals surface area contributed by atoms with E-state index in [0.717, 1.165) is 69.0 Å². The van der Waals surface area contributed by atoms with Crippen molar-refractivity contribution in [1.29, 1.82) is 0 Å². The maximum atomic E-state index is 13.0. The molecule has 3 aliphatic rings. The number of amides is 1. The fraction of sp³-hybridized carbons (Fsp3) is 0.579. The molecule has 0 N–H and O–H groups in total. The van der Waals surface area contributed by atoms with Crippen molar-refractivity contribution < 1.29 is 9.32 Å². The smallest absolute Gasteiger partial charge is 0.276 e. The van der Waals surface area contributed by atoms with Gasteiger partial charge in [-0.3, -0.25) is 4.79 Å². The van der Waals surface area contributed by atoms with E-state index in [-0.39, 0.29) is 11.9 Å². The molecular weight excluding hydrogens is 330 g/mol. The van der Waals surface area contributed by atoms with Gasteiger partial charge in [-0.2, -0.15) is 0 Å². The summed E-state index contributed by atoms with van der Waals surface area (Å²) in [6, 6.07) is 1.76. The first-order valence-corrected chi connectivity index (χ1v) is 9.50. The third-order valence-corrected chi connectivity index (χ3v) is 5.68. The van der Waals surface area contributed by atoms with E-state index < -0.39 is 0 Å². The molecule has 1 aliphatic carbocycles. The second-order valence-corrected chi connectivity index (χ2v) is 7.73. The lowest BCUT2D eigenvalue weighted by atomic mass is 10.1. The Kier molecular flexibility index (Phi) is 3.77. The lowest BCUT2D eigenvalue weighted by molar-refractivity contribution is 0.0719. The van der Waals surface area contributed by atoms with Gasteiger partial charge in [0.05, 0.1) is 6.04 Å². The number of nitrogens with zero attached hydrogens (tertiary/aromatic N) is 5. The van der Waals surface area contributed by atoms with Crippen LogP contribution in [0.4, 0.5) is 0 Å². The number of likely N-dealkylation sites (N-methyl/N-ethyl adjacent to an activating group) is 1. The zero-order valence-electron chi connectivity index (χ0n) is 15.0. The Hall–Kier alpha value is -2.28. The maximum Gasteiger partial charge on any atom is 0.276 e. The SMILES string of the molecule is CN1CCc2nc(C3CCCN3C(=O)c3cc(C4CC4)on3)ncc2C1. The minimum absolute atomic E-state index is 0.0615. The standard InChI is InChI=1S/C19H23N5O2/c1-23-8-6-14-13(11-23)10-20-18(21-14)16-3-2-7-24(16)19(25)15-9-17(26-22-15)12-4-5-12/h9-10,12,16H,2-8,11H2,1H3. The lowest BCUT2D eigenvalue weighted by Crippen LogP contribution is -2.33. The van der Waals surface area contributed by atoms with E-state index in [0.29, 0.717) is 11.6 Å². The van der Waals surface area contributed by atoms with E-state index >= 15 is 0 Å². The monoisotopic (exact) mass is 353 g/mol. The Morgan fingerprint density at radius 1 is 1.27 bits per heavy atom. The second-order valence-electron chi connectivity index (χ2n) is 7.73. The number of carbonyl (C=O) groups excluding carboxylic acids is 1. The van der Waals surface area contributed by atoms with Gasteiger partial charge in [-0.25, -0.2) is 9.97 Å². The summed E-state index contributed by atoms with van der Waals surface area (Å²) in [5.41, 5.74) is 2.74. The van der Waals surface area contributed by atoms with Crippen LogP contribution >= 0.6 is 0 Å². The molecule has 1 atom stereocenters. The summed E-state index contributed by atoms with van der Waals surface area (Å²) in [5.74, 6) is 2.01. The Labute approximate surface area is 152 Å². The molecule has 2 aromatic rings. The van der Waals surface area contributed by atoms with Crippen LogP contribution in [0.25, 0.3) is 0 Å². The predicted octanol–water partition coefficient (Wildman–Crippen LogP) is 2.31. The first-order valence-electron chi connectivity index (χ1n) is 9.50. The van der Waals surface area contributed by atoms with Crippen molar-refractivity contribution in [3.05, 3.63) is 40.8 Å². The molecule has 7 nitrogen and oxygen atoms in total. The van der Waals surface area contributed by atoms with Crippen molar-refractivity contribution in [2.45, 2.75) is 50.6 Å². The third-order valence-electron chi connectivity index (χ3n) is 5.68. The van der Waals surface area contributed by atoms with Crippen molar-refractivity contribution in [3.8, 4) is 0 Å². The Morgan fingerprint density at radius 2 is 2.15 bits per heavy atom. The molecule has 1 unspecified atom stereocenters. The second kappa shape index (κ2) is 6.16. The molecule has 2 fully saturated rings. The lowest BCUT2D eigenvalue weighted by Gasteiger charge is -2.26. The summed E-state index contributed by atoms with van der Waals surface area (Å²) in [6.45, 7) is 2.63. The molecule has 0 bridgehead atoms. The normalized spacial score (nSPS) is 23.3. The predicted molar refractivity (Wildman–Crippen MR) is 93.6 cm³/mol. The van der Waals surface area contributed by atoms with Crippen molar-refractivity contribution in [2.24, 2.45) is 0 Å². The fourth-order valence-electron chi connectivity index (χ4n) is 4.01. The average molecular weight is 353 g/mol. The molecule has 7 heteroatoms. The Morgan fingerprint density at radius 3 is 3.00 bits per heavy atom.